The van der Waals surface area contributed by atoms with Gasteiger partial charge in [0.2, 0.25) is 5.91 Å². The standard InChI is InChI=1S/C17H24N2O2/c20-12-4-7-14-6-3-11-19(14)17(21)16-15-8-2-1-5-13(15)9-10-18-16/h1-2,5,8,14,16,18,20H,3-4,6-7,9-12H2. The minimum absolute atomic E-state index is 0.190. The van der Waals surface area contributed by atoms with Crippen LogP contribution in [-0.4, -0.2) is 41.7 Å². The van der Waals surface area contributed by atoms with Crippen molar-refractivity contribution < 1.29 is 9.90 Å². The Morgan fingerprint density at radius 2 is 2.24 bits per heavy atom. The lowest BCUT2D eigenvalue weighted by Gasteiger charge is -2.32. The van der Waals surface area contributed by atoms with Crippen LogP contribution in [0, 0.1) is 0 Å². The van der Waals surface area contributed by atoms with Gasteiger partial charge in [0.25, 0.3) is 0 Å². The first-order valence-electron chi connectivity index (χ1n) is 8.04. The van der Waals surface area contributed by atoms with Gasteiger partial charge in [-0.1, -0.05) is 24.3 Å². The molecule has 2 atom stereocenters. The fraction of sp³-hybridized carbons (Fsp3) is 0.588. The van der Waals surface area contributed by atoms with Gasteiger partial charge in [-0.25, -0.2) is 0 Å². The predicted octanol–water partition coefficient (Wildman–Crippen LogP) is 1.64. The lowest BCUT2D eigenvalue weighted by molar-refractivity contribution is -0.134. The molecule has 21 heavy (non-hydrogen) atoms. The van der Waals surface area contributed by atoms with E-state index >= 15 is 0 Å². The summed E-state index contributed by atoms with van der Waals surface area (Å²) in [5, 5.41) is 12.4. The van der Waals surface area contributed by atoms with E-state index in [1.165, 1.54) is 5.56 Å². The number of carbonyl (C=O) groups excluding carboxylic acids is 1. The summed E-state index contributed by atoms with van der Waals surface area (Å²) >= 11 is 0. The molecule has 1 amide bonds. The van der Waals surface area contributed by atoms with Crippen LogP contribution >= 0.6 is 0 Å². The topological polar surface area (TPSA) is 52.6 Å². The number of nitrogens with one attached hydrogen (secondary N) is 1. The van der Waals surface area contributed by atoms with Gasteiger partial charge in [-0.3, -0.25) is 4.79 Å². The van der Waals surface area contributed by atoms with Crippen molar-refractivity contribution in [2.45, 2.75) is 44.2 Å². The fourth-order valence-electron chi connectivity index (χ4n) is 3.64. The highest BCUT2D eigenvalue weighted by Gasteiger charge is 2.35. The molecule has 1 aromatic carbocycles. The summed E-state index contributed by atoms with van der Waals surface area (Å²) in [5.74, 6) is 0.211. The monoisotopic (exact) mass is 288 g/mol. The van der Waals surface area contributed by atoms with E-state index in [-0.39, 0.29) is 18.6 Å². The quantitative estimate of drug-likeness (QED) is 0.885. The highest BCUT2D eigenvalue weighted by molar-refractivity contribution is 5.84. The van der Waals surface area contributed by atoms with E-state index in [2.05, 4.69) is 17.4 Å². The third kappa shape index (κ3) is 2.97. The van der Waals surface area contributed by atoms with E-state index in [4.69, 9.17) is 5.11 Å². The van der Waals surface area contributed by atoms with Crippen LogP contribution in [0.2, 0.25) is 0 Å². The van der Waals surface area contributed by atoms with Gasteiger partial charge in [0.15, 0.2) is 0 Å². The van der Waals surface area contributed by atoms with Gasteiger partial charge >= 0.3 is 0 Å². The van der Waals surface area contributed by atoms with Gasteiger partial charge in [-0.05, 0) is 43.2 Å². The summed E-state index contributed by atoms with van der Waals surface area (Å²) < 4.78 is 0. The molecule has 4 heteroatoms. The van der Waals surface area contributed by atoms with Gasteiger partial charge in [0.05, 0.1) is 0 Å². The molecule has 0 bridgehead atoms. The lowest BCUT2D eigenvalue weighted by Crippen LogP contribution is -2.45. The van der Waals surface area contributed by atoms with E-state index in [9.17, 15) is 4.79 Å². The van der Waals surface area contributed by atoms with Gasteiger partial charge in [-0.15, -0.1) is 0 Å². The summed E-state index contributed by atoms with van der Waals surface area (Å²) in [6.45, 7) is 1.93. The highest BCUT2D eigenvalue weighted by Crippen LogP contribution is 2.29. The number of nitrogens with zero attached hydrogens (tertiary/aromatic N) is 1. The maximum atomic E-state index is 12.9. The number of carbonyl (C=O) groups is 1. The first-order chi connectivity index (χ1) is 10.3. The Bertz CT molecular complexity index is 503. The van der Waals surface area contributed by atoms with Crippen LogP contribution in [0.1, 0.15) is 42.9 Å². The molecule has 1 saturated heterocycles. The second-order valence-electron chi connectivity index (χ2n) is 6.03. The van der Waals surface area contributed by atoms with Crippen molar-refractivity contribution in [1.29, 1.82) is 0 Å². The molecule has 1 fully saturated rings. The average Bonchev–Trinajstić information content (AvgIpc) is 3.00. The smallest absolute Gasteiger partial charge is 0.244 e. The molecular weight excluding hydrogens is 264 g/mol. The van der Waals surface area contributed by atoms with Gasteiger partial charge in [0.1, 0.15) is 6.04 Å². The molecule has 2 N–H and O–H groups in total. The minimum atomic E-state index is -0.190. The third-order valence-corrected chi connectivity index (χ3v) is 4.71. The van der Waals surface area contributed by atoms with Crippen LogP contribution in [0.4, 0.5) is 0 Å². The van der Waals surface area contributed by atoms with E-state index in [0.29, 0.717) is 6.04 Å². The first kappa shape index (κ1) is 14.5. The van der Waals surface area contributed by atoms with Crippen molar-refractivity contribution in [2.75, 3.05) is 19.7 Å². The Morgan fingerprint density at radius 1 is 1.38 bits per heavy atom. The SMILES string of the molecule is O=C(C1NCCc2ccccc21)N1CCCC1CCCO. The molecule has 2 heterocycles. The van der Waals surface area contributed by atoms with Crippen molar-refractivity contribution in [2.24, 2.45) is 0 Å². The zero-order valence-electron chi connectivity index (χ0n) is 12.4. The Balaban J connectivity index is 1.76. The van der Waals surface area contributed by atoms with E-state index in [1.807, 2.05) is 17.0 Å². The van der Waals surface area contributed by atoms with Crippen LogP contribution in [0.3, 0.4) is 0 Å². The number of aliphatic hydroxyl groups is 1. The number of hydrogen-bond acceptors (Lipinski definition) is 3. The Hall–Kier alpha value is -1.39. The van der Waals surface area contributed by atoms with Crippen LogP contribution in [0.15, 0.2) is 24.3 Å². The number of hydrogen-bond donors (Lipinski definition) is 2. The number of amides is 1. The molecule has 2 unspecified atom stereocenters. The molecule has 0 aromatic heterocycles. The molecule has 2 aliphatic rings. The number of likely N-dealkylation sites (tertiary alicyclic amines) is 1. The second-order valence-corrected chi connectivity index (χ2v) is 6.03. The molecule has 0 saturated carbocycles. The van der Waals surface area contributed by atoms with Crippen molar-refractivity contribution in [3.8, 4) is 0 Å². The molecule has 3 rings (SSSR count). The summed E-state index contributed by atoms with van der Waals surface area (Å²) in [7, 11) is 0. The molecule has 1 aromatic rings. The minimum Gasteiger partial charge on any atom is -0.396 e. The Morgan fingerprint density at radius 3 is 3.10 bits per heavy atom. The number of fused-ring (bicyclic) bond motifs is 1. The van der Waals surface area contributed by atoms with Crippen molar-refractivity contribution in [3.05, 3.63) is 35.4 Å². The highest BCUT2D eigenvalue weighted by atomic mass is 16.3. The molecule has 2 aliphatic heterocycles. The molecule has 114 valence electrons. The van der Waals surface area contributed by atoms with Crippen LogP contribution in [0.25, 0.3) is 0 Å². The average molecular weight is 288 g/mol. The van der Waals surface area contributed by atoms with Crippen molar-refractivity contribution in [3.63, 3.8) is 0 Å². The molecule has 0 spiro atoms. The number of benzene rings is 1. The number of aliphatic hydroxyl groups excluding tert-OH is 1. The number of rotatable bonds is 4. The van der Waals surface area contributed by atoms with E-state index in [0.717, 1.165) is 50.8 Å². The zero-order chi connectivity index (χ0) is 14.7. The van der Waals surface area contributed by atoms with Gasteiger partial charge in [-0.2, -0.15) is 0 Å². The molecule has 0 aliphatic carbocycles. The first-order valence-corrected chi connectivity index (χ1v) is 8.04. The fourth-order valence-corrected chi connectivity index (χ4v) is 3.64. The Kier molecular flexibility index (Phi) is 4.56. The predicted molar refractivity (Wildman–Crippen MR) is 81.9 cm³/mol. The summed E-state index contributed by atoms with van der Waals surface area (Å²) in [4.78, 5) is 15.0. The normalized spacial score (nSPS) is 24.9. The van der Waals surface area contributed by atoms with Crippen LogP contribution in [0.5, 0.6) is 0 Å². The largest absolute Gasteiger partial charge is 0.396 e. The second kappa shape index (κ2) is 6.58. The van der Waals surface area contributed by atoms with E-state index < -0.39 is 0 Å². The molecule has 4 nitrogen and oxygen atoms in total. The maximum absolute atomic E-state index is 12.9. The van der Waals surface area contributed by atoms with Crippen molar-refractivity contribution >= 4 is 5.91 Å². The van der Waals surface area contributed by atoms with Crippen molar-refractivity contribution in [1.82, 2.24) is 10.2 Å². The maximum Gasteiger partial charge on any atom is 0.244 e. The van der Waals surface area contributed by atoms with Crippen LogP contribution < -0.4 is 5.32 Å². The summed E-state index contributed by atoms with van der Waals surface area (Å²) in [6, 6.07) is 8.38. The summed E-state index contributed by atoms with van der Waals surface area (Å²) in [6.07, 6.45) is 4.84. The molecular formula is C17H24N2O2. The van der Waals surface area contributed by atoms with Gasteiger partial charge in [0, 0.05) is 25.7 Å². The third-order valence-electron chi connectivity index (χ3n) is 4.71. The van der Waals surface area contributed by atoms with Crippen LogP contribution in [-0.2, 0) is 11.2 Å². The van der Waals surface area contributed by atoms with E-state index in [1.54, 1.807) is 0 Å². The summed E-state index contributed by atoms with van der Waals surface area (Å²) in [5.41, 5.74) is 2.43. The van der Waals surface area contributed by atoms with Gasteiger partial charge < -0.3 is 15.3 Å². The Labute approximate surface area is 126 Å². The molecule has 0 radical (unpaired) electrons. The zero-order valence-corrected chi connectivity index (χ0v) is 12.4. The lowest BCUT2D eigenvalue weighted by atomic mass is 9.93.